The molecule has 4 nitrogen and oxygen atoms in total. The lowest BCUT2D eigenvalue weighted by atomic mass is 10.2. The Bertz CT molecular complexity index is 419. The number of carbonyl (C=O) groups is 2. The molecule has 0 radical (unpaired) electrons. The van der Waals surface area contributed by atoms with E-state index in [1.54, 1.807) is 23.3 Å². The maximum Gasteiger partial charge on any atom is 0.305 e. The number of esters is 1. The number of hydrogen-bond donors (Lipinski definition) is 0. The van der Waals surface area contributed by atoms with Crippen LogP contribution in [0.4, 0.5) is 0 Å². The number of carbonyl (C=O) groups excluding carboxylic acids is 2. The Balaban J connectivity index is 2.31. The molecule has 0 saturated carbocycles. The molecule has 18 heavy (non-hydrogen) atoms. The molecular weight excluding hydrogens is 318 g/mol. The lowest BCUT2D eigenvalue weighted by molar-refractivity contribution is -0.141. The first-order chi connectivity index (χ1) is 8.52. The van der Waals surface area contributed by atoms with Crippen LogP contribution in [0.1, 0.15) is 17.7 Å². The Kier molecular flexibility index (Phi) is 6.35. The van der Waals surface area contributed by atoms with E-state index in [1.165, 1.54) is 7.11 Å². The third-order valence-corrected chi connectivity index (χ3v) is 4.11. The Morgan fingerprint density at radius 1 is 1.44 bits per heavy atom. The molecule has 0 unspecified atom stereocenters. The quantitative estimate of drug-likeness (QED) is 0.751. The summed E-state index contributed by atoms with van der Waals surface area (Å²) in [7, 11) is 3.12. The zero-order chi connectivity index (χ0) is 13.5. The van der Waals surface area contributed by atoms with E-state index in [2.05, 4.69) is 20.7 Å². The molecule has 1 heterocycles. The van der Waals surface area contributed by atoms with E-state index in [-0.39, 0.29) is 11.9 Å². The Hall–Kier alpha value is -0.880. The summed E-state index contributed by atoms with van der Waals surface area (Å²) in [5.41, 5.74) is 0. The molecule has 0 fully saturated rings. The zero-order valence-corrected chi connectivity index (χ0v) is 12.8. The largest absolute Gasteiger partial charge is 0.469 e. The smallest absolute Gasteiger partial charge is 0.305 e. The van der Waals surface area contributed by atoms with Gasteiger partial charge in [0.2, 0.25) is 5.91 Å². The van der Waals surface area contributed by atoms with Gasteiger partial charge in [-0.1, -0.05) is 0 Å². The zero-order valence-electron chi connectivity index (χ0n) is 10.4. The highest BCUT2D eigenvalue weighted by Crippen LogP contribution is 2.22. The van der Waals surface area contributed by atoms with Gasteiger partial charge in [0, 0.05) is 24.9 Å². The van der Waals surface area contributed by atoms with Crippen LogP contribution in [0.25, 0.3) is 0 Å². The van der Waals surface area contributed by atoms with Crippen LogP contribution in [0.5, 0.6) is 0 Å². The molecular formula is C12H16BrNO3S. The lowest BCUT2D eigenvalue weighted by Crippen LogP contribution is -2.29. The normalized spacial score (nSPS) is 10.2. The van der Waals surface area contributed by atoms with Crippen molar-refractivity contribution >= 4 is 39.1 Å². The molecule has 0 aliphatic heterocycles. The monoisotopic (exact) mass is 333 g/mol. The van der Waals surface area contributed by atoms with Crippen molar-refractivity contribution in [2.24, 2.45) is 0 Å². The van der Waals surface area contributed by atoms with Crippen LogP contribution in [0.3, 0.4) is 0 Å². The first-order valence-corrected chi connectivity index (χ1v) is 7.19. The average molecular weight is 334 g/mol. The van der Waals surface area contributed by atoms with E-state index in [1.807, 2.05) is 12.1 Å². The van der Waals surface area contributed by atoms with Crippen LogP contribution in [0, 0.1) is 0 Å². The SMILES string of the molecule is COC(=O)CCCN(C)C(=O)Cc1ccc(Br)s1. The van der Waals surface area contributed by atoms with E-state index >= 15 is 0 Å². The summed E-state index contributed by atoms with van der Waals surface area (Å²) in [5, 5.41) is 0. The van der Waals surface area contributed by atoms with Crippen molar-refractivity contribution in [2.75, 3.05) is 20.7 Å². The van der Waals surface area contributed by atoms with Crippen molar-refractivity contribution in [3.63, 3.8) is 0 Å². The highest BCUT2D eigenvalue weighted by Gasteiger charge is 2.11. The van der Waals surface area contributed by atoms with Gasteiger partial charge in [0.1, 0.15) is 0 Å². The van der Waals surface area contributed by atoms with Crippen molar-refractivity contribution in [3.8, 4) is 0 Å². The molecule has 0 atom stereocenters. The van der Waals surface area contributed by atoms with Gasteiger partial charge in [-0.3, -0.25) is 9.59 Å². The number of nitrogens with zero attached hydrogens (tertiary/aromatic N) is 1. The highest BCUT2D eigenvalue weighted by atomic mass is 79.9. The Morgan fingerprint density at radius 2 is 2.17 bits per heavy atom. The number of thiophene rings is 1. The van der Waals surface area contributed by atoms with Gasteiger partial charge in [0.15, 0.2) is 0 Å². The number of ether oxygens (including phenoxy) is 1. The third kappa shape index (κ3) is 5.18. The van der Waals surface area contributed by atoms with E-state index < -0.39 is 0 Å². The molecule has 0 saturated heterocycles. The Labute approximate surface area is 119 Å². The molecule has 1 aromatic rings. The number of likely N-dealkylation sites (N-methyl/N-ethyl adjacent to an activating group) is 1. The number of halogens is 1. The number of methoxy groups -OCH3 is 1. The van der Waals surface area contributed by atoms with Gasteiger partial charge in [-0.2, -0.15) is 0 Å². The third-order valence-electron chi connectivity index (χ3n) is 2.48. The molecule has 0 bridgehead atoms. The highest BCUT2D eigenvalue weighted by molar-refractivity contribution is 9.11. The van der Waals surface area contributed by atoms with Crippen molar-refractivity contribution < 1.29 is 14.3 Å². The second-order valence-corrected chi connectivity index (χ2v) is 6.43. The minimum Gasteiger partial charge on any atom is -0.469 e. The van der Waals surface area contributed by atoms with Gasteiger partial charge in [-0.05, 0) is 34.5 Å². The Morgan fingerprint density at radius 3 is 2.72 bits per heavy atom. The summed E-state index contributed by atoms with van der Waals surface area (Å²) in [6.45, 7) is 0.570. The van der Waals surface area contributed by atoms with E-state index in [0.29, 0.717) is 25.8 Å². The van der Waals surface area contributed by atoms with Gasteiger partial charge in [-0.15, -0.1) is 11.3 Å². The van der Waals surface area contributed by atoms with Crippen molar-refractivity contribution in [1.29, 1.82) is 0 Å². The van der Waals surface area contributed by atoms with E-state index in [9.17, 15) is 9.59 Å². The predicted molar refractivity (Wildman–Crippen MR) is 74.6 cm³/mol. The number of amides is 1. The van der Waals surface area contributed by atoms with Gasteiger partial charge in [0.05, 0.1) is 17.3 Å². The molecule has 1 amide bonds. The second kappa shape index (κ2) is 7.53. The summed E-state index contributed by atoms with van der Waals surface area (Å²) in [4.78, 5) is 25.5. The standard InChI is InChI=1S/C12H16BrNO3S/c1-14(7-3-4-12(16)17-2)11(15)8-9-5-6-10(13)18-9/h5-6H,3-4,7-8H2,1-2H3. The summed E-state index contributed by atoms with van der Waals surface area (Å²) in [6, 6.07) is 3.87. The summed E-state index contributed by atoms with van der Waals surface area (Å²) >= 11 is 4.93. The molecule has 100 valence electrons. The number of rotatable bonds is 6. The van der Waals surface area contributed by atoms with Gasteiger partial charge in [0.25, 0.3) is 0 Å². The molecule has 1 rings (SSSR count). The number of hydrogen-bond acceptors (Lipinski definition) is 4. The fraction of sp³-hybridized carbons (Fsp3) is 0.500. The molecule has 0 N–H and O–H groups in total. The van der Waals surface area contributed by atoms with Crippen LogP contribution < -0.4 is 0 Å². The van der Waals surface area contributed by atoms with Crippen LogP contribution in [-0.2, 0) is 20.7 Å². The summed E-state index contributed by atoms with van der Waals surface area (Å²) in [5.74, 6) is -0.174. The van der Waals surface area contributed by atoms with Crippen molar-refractivity contribution in [3.05, 3.63) is 20.8 Å². The average Bonchev–Trinajstić information content (AvgIpc) is 2.74. The minimum absolute atomic E-state index is 0.0641. The first-order valence-electron chi connectivity index (χ1n) is 5.58. The molecule has 0 aromatic carbocycles. The summed E-state index contributed by atoms with van der Waals surface area (Å²) in [6.07, 6.45) is 1.38. The lowest BCUT2D eigenvalue weighted by Gasteiger charge is -2.16. The van der Waals surface area contributed by atoms with Gasteiger partial charge < -0.3 is 9.64 Å². The minimum atomic E-state index is -0.238. The second-order valence-electron chi connectivity index (χ2n) is 3.88. The molecule has 6 heteroatoms. The van der Waals surface area contributed by atoms with Crippen LogP contribution in [0.2, 0.25) is 0 Å². The van der Waals surface area contributed by atoms with Crippen LogP contribution in [0.15, 0.2) is 15.9 Å². The van der Waals surface area contributed by atoms with Crippen LogP contribution >= 0.6 is 27.3 Å². The fourth-order valence-electron chi connectivity index (χ4n) is 1.42. The van der Waals surface area contributed by atoms with E-state index in [0.717, 1.165) is 8.66 Å². The van der Waals surface area contributed by atoms with Gasteiger partial charge in [-0.25, -0.2) is 0 Å². The molecule has 0 aliphatic rings. The predicted octanol–water partition coefficient (Wildman–Crippen LogP) is 2.46. The fourth-order valence-corrected chi connectivity index (χ4v) is 2.89. The summed E-state index contributed by atoms with van der Waals surface area (Å²) < 4.78 is 5.57. The molecule has 0 spiro atoms. The maximum absolute atomic E-state index is 11.9. The van der Waals surface area contributed by atoms with Crippen LogP contribution in [-0.4, -0.2) is 37.5 Å². The maximum atomic E-state index is 11.9. The van der Waals surface area contributed by atoms with Crippen molar-refractivity contribution in [1.82, 2.24) is 4.90 Å². The van der Waals surface area contributed by atoms with Crippen molar-refractivity contribution in [2.45, 2.75) is 19.3 Å². The molecule has 0 aliphatic carbocycles. The van der Waals surface area contributed by atoms with Gasteiger partial charge >= 0.3 is 5.97 Å². The molecule has 1 aromatic heterocycles. The topological polar surface area (TPSA) is 46.6 Å². The van der Waals surface area contributed by atoms with E-state index in [4.69, 9.17) is 0 Å². The first kappa shape index (κ1) is 15.2.